The third-order valence-electron chi connectivity index (χ3n) is 4.58. The number of hydrogen-bond acceptors (Lipinski definition) is 3. The van der Waals surface area contributed by atoms with E-state index in [1.807, 2.05) is 13.0 Å². The topological polar surface area (TPSA) is 49.8 Å². The van der Waals surface area contributed by atoms with Crippen LogP contribution in [0.15, 0.2) is 48.5 Å². The van der Waals surface area contributed by atoms with Crippen molar-refractivity contribution in [2.24, 2.45) is 5.92 Å². The van der Waals surface area contributed by atoms with Gasteiger partial charge in [-0.3, -0.25) is 4.79 Å². The van der Waals surface area contributed by atoms with Crippen molar-refractivity contribution in [3.63, 3.8) is 0 Å². The molecule has 0 spiro atoms. The number of hydrogen-bond donors (Lipinski definition) is 1. The second-order valence-electron chi connectivity index (χ2n) is 6.53. The van der Waals surface area contributed by atoms with E-state index < -0.39 is 6.10 Å². The van der Waals surface area contributed by atoms with Crippen LogP contribution in [-0.2, 0) is 6.61 Å². The molecule has 2 aromatic carbocycles. The van der Waals surface area contributed by atoms with Crippen molar-refractivity contribution in [1.29, 1.82) is 0 Å². The maximum atomic E-state index is 13.2. The smallest absolute Gasteiger partial charge is 0.253 e. The fourth-order valence-corrected chi connectivity index (χ4v) is 2.93. The largest absolute Gasteiger partial charge is 0.489 e. The third-order valence-corrected chi connectivity index (χ3v) is 4.58. The van der Waals surface area contributed by atoms with Gasteiger partial charge in [-0.1, -0.05) is 25.1 Å². The van der Waals surface area contributed by atoms with Crippen LogP contribution in [0.5, 0.6) is 5.75 Å². The summed E-state index contributed by atoms with van der Waals surface area (Å²) in [7, 11) is 0. The quantitative estimate of drug-likeness (QED) is 0.927. The molecular formula is C20H22FNO3. The molecule has 25 heavy (non-hydrogen) atoms. The van der Waals surface area contributed by atoms with Gasteiger partial charge in [-0.2, -0.15) is 0 Å². The molecule has 0 aliphatic carbocycles. The van der Waals surface area contributed by atoms with E-state index in [4.69, 9.17) is 4.74 Å². The number of rotatable bonds is 4. The summed E-state index contributed by atoms with van der Waals surface area (Å²) in [5, 5.41) is 9.99. The number of nitrogens with zero attached hydrogens (tertiary/aromatic N) is 1. The van der Waals surface area contributed by atoms with Crippen LogP contribution in [0.2, 0.25) is 0 Å². The molecular weight excluding hydrogens is 321 g/mol. The Labute approximate surface area is 146 Å². The lowest BCUT2D eigenvalue weighted by atomic mass is 9.95. The van der Waals surface area contributed by atoms with Gasteiger partial charge < -0.3 is 14.7 Å². The van der Waals surface area contributed by atoms with E-state index >= 15 is 0 Å². The third kappa shape index (κ3) is 4.37. The van der Waals surface area contributed by atoms with E-state index in [1.165, 1.54) is 12.1 Å². The van der Waals surface area contributed by atoms with Crippen LogP contribution in [-0.4, -0.2) is 35.1 Å². The number of aliphatic hydroxyl groups excluding tert-OH is 1. The molecule has 0 radical (unpaired) electrons. The maximum absolute atomic E-state index is 13.2. The van der Waals surface area contributed by atoms with Crippen LogP contribution in [0.3, 0.4) is 0 Å². The molecule has 5 heteroatoms. The van der Waals surface area contributed by atoms with Crippen LogP contribution in [0, 0.1) is 11.7 Å². The zero-order chi connectivity index (χ0) is 17.8. The first-order valence-corrected chi connectivity index (χ1v) is 8.47. The average molecular weight is 343 g/mol. The van der Waals surface area contributed by atoms with E-state index in [0.29, 0.717) is 24.4 Å². The normalized spacial score (nSPS) is 20.4. The van der Waals surface area contributed by atoms with Gasteiger partial charge in [0.15, 0.2) is 0 Å². The minimum Gasteiger partial charge on any atom is -0.489 e. The predicted octanol–water partition coefficient (Wildman–Crippen LogP) is 3.25. The number of piperidine rings is 1. The van der Waals surface area contributed by atoms with E-state index in [-0.39, 0.29) is 24.2 Å². The fraction of sp³-hybridized carbons (Fsp3) is 0.350. The van der Waals surface area contributed by atoms with E-state index in [9.17, 15) is 14.3 Å². The van der Waals surface area contributed by atoms with Crippen LogP contribution >= 0.6 is 0 Å². The van der Waals surface area contributed by atoms with E-state index in [2.05, 4.69) is 0 Å². The first kappa shape index (κ1) is 17.4. The van der Waals surface area contributed by atoms with Gasteiger partial charge in [-0.15, -0.1) is 0 Å². The van der Waals surface area contributed by atoms with Crippen molar-refractivity contribution in [1.82, 2.24) is 4.90 Å². The van der Waals surface area contributed by atoms with Gasteiger partial charge in [0.2, 0.25) is 0 Å². The summed E-state index contributed by atoms with van der Waals surface area (Å²) in [5.74, 6) is 0.234. The predicted molar refractivity (Wildman–Crippen MR) is 92.9 cm³/mol. The summed E-state index contributed by atoms with van der Waals surface area (Å²) in [4.78, 5) is 14.3. The molecule has 0 bridgehead atoms. The Morgan fingerprint density at radius 3 is 2.84 bits per heavy atom. The zero-order valence-corrected chi connectivity index (χ0v) is 14.2. The lowest BCUT2D eigenvalue weighted by Crippen LogP contribution is -2.45. The van der Waals surface area contributed by atoms with Crippen LogP contribution in [0.1, 0.15) is 29.3 Å². The monoisotopic (exact) mass is 343 g/mol. The summed E-state index contributed by atoms with van der Waals surface area (Å²) < 4.78 is 18.8. The van der Waals surface area contributed by atoms with Crippen molar-refractivity contribution in [2.45, 2.75) is 26.1 Å². The molecule has 2 aromatic rings. The molecule has 1 amide bonds. The number of halogens is 1. The molecule has 2 atom stereocenters. The number of likely N-dealkylation sites (tertiary alicyclic amines) is 1. The Kier molecular flexibility index (Phi) is 5.34. The number of amides is 1. The van der Waals surface area contributed by atoms with Gasteiger partial charge in [-0.05, 0) is 42.2 Å². The maximum Gasteiger partial charge on any atom is 0.253 e. The van der Waals surface area contributed by atoms with E-state index in [1.54, 1.807) is 35.2 Å². The van der Waals surface area contributed by atoms with Gasteiger partial charge >= 0.3 is 0 Å². The molecule has 1 saturated heterocycles. The second kappa shape index (κ2) is 7.66. The van der Waals surface area contributed by atoms with E-state index in [0.717, 1.165) is 12.0 Å². The number of carbonyl (C=O) groups is 1. The van der Waals surface area contributed by atoms with Gasteiger partial charge in [0, 0.05) is 24.7 Å². The molecule has 0 saturated carbocycles. The SMILES string of the molecule is CC1CCN(C(=O)c2cccc(COc3cccc(F)c3)c2)CC1O. The summed E-state index contributed by atoms with van der Waals surface area (Å²) in [6, 6.07) is 13.2. The zero-order valence-electron chi connectivity index (χ0n) is 14.2. The second-order valence-corrected chi connectivity index (χ2v) is 6.53. The Hall–Kier alpha value is -2.40. The molecule has 1 heterocycles. The highest BCUT2D eigenvalue weighted by Gasteiger charge is 2.27. The molecule has 1 aliphatic heterocycles. The minimum absolute atomic E-state index is 0.0847. The Bertz CT molecular complexity index is 749. The molecule has 0 aromatic heterocycles. The summed E-state index contributed by atoms with van der Waals surface area (Å²) in [5.41, 5.74) is 1.41. The number of β-amino-alcohol motifs (C(OH)–C–C–N with tert-alkyl or cyclic N) is 1. The highest BCUT2D eigenvalue weighted by atomic mass is 19.1. The van der Waals surface area contributed by atoms with Crippen LogP contribution in [0.25, 0.3) is 0 Å². The first-order chi connectivity index (χ1) is 12.0. The lowest BCUT2D eigenvalue weighted by molar-refractivity contribution is 0.0248. The van der Waals surface area contributed by atoms with Crippen LogP contribution in [0.4, 0.5) is 4.39 Å². The first-order valence-electron chi connectivity index (χ1n) is 8.47. The highest BCUT2D eigenvalue weighted by Crippen LogP contribution is 2.20. The highest BCUT2D eigenvalue weighted by molar-refractivity contribution is 5.94. The summed E-state index contributed by atoms with van der Waals surface area (Å²) in [6.45, 7) is 3.27. The number of aliphatic hydroxyl groups is 1. The van der Waals surface area contributed by atoms with Crippen molar-refractivity contribution in [3.05, 3.63) is 65.5 Å². The Balaban J connectivity index is 1.65. The fourth-order valence-electron chi connectivity index (χ4n) is 2.93. The molecule has 1 N–H and O–H groups in total. The van der Waals surface area contributed by atoms with Crippen molar-refractivity contribution in [3.8, 4) is 5.75 Å². The van der Waals surface area contributed by atoms with Gasteiger partial charge in [0.25, 0.3) is 5.91 Å². The number of benzene rings is 2. The molecule has 2 unspecified atom stereocenters. The molecule has 1 aliphatic rings. The van der Waals surface area contributed by atoms with Gasteiger partial charge in [-0.25, -0.2) is 4.39 Å². The van der Waals surface area contributed by atoms with Crippen molar-refractivity contribution < 1.29 is 19.0 Å². The summed E-state index contributed by atoms with van der Waals surface area (Å²) in [6.07, 6.45) is 0.326. The standard InChI is InChI=1S/C20H22FNO3/c1-14-8-9-22(12-19(14)23)20(24)16-5-2-4-15(10-16)13-25-18-7-3-6-17(21)11-18/h2-7,10-11,14,19,23H,8-9,12-13H2,1H3. The van der Waals surface area contributed by atoms with Gasteiger partial charge in [0.05, 0.1) is 6.10 Å². The van der Waals surface area contributed by atoms with Crippen molar-refractivity contribution >= 4 is 5.91 Å². The molecule has 4 nitrogen and oxygen atoms in total. The molecule has 3 rings (SSSR count). The average Bonchev–Trinajstić information content (AvgIpc) is 2.62. The Morgan fingerprint density at radius 2 is 2.08 bits per heavy atom. The lowest BCUT2D eigenvalue weighted by Gasteiger charge is -2.34. The van der Waals surface area contributed by atoms with Crippen molar-refractivity contribution in [2.75, 3.05) is 13.1 Å². The number of ether oxygens (including phenoxy) is 1. The summed E-state index contributed by atoms with van der Waals surface area (Å²) >= 11 is 0. The number of carbonyl (C=O) groups excluding carboxylic acids is 1. The minimum atomic E-state index is -0.475. The molecule has 132 valence electrons. The van der Waals surface area contributed by atoms with Gasteiger partial charge in [0.1, 0.15) is 18.2 Å². The molecule has 1 fully saturated rings. The van der Waals surface area contributed by atoms with Crippen LogP contribution < -0.4 is 4.74 Å². The Morgan fingerprint density at radius 1 is 1.28 bits per heavy atom.